The van der Waals surface area contributed by atoms with Gasteiger partial charge in [-0.25, -0.2) is 0 Å². The fourth-order valence-electron chi connectivity index (χ4n) is 3.34. The molecule has 0 aromatic heterocycles. The van der Waals surface area contributed by atoms with Crippen molar-refractivity contribution in [2.24, 2.45) is 0 Å². The van der Waals surface area contributed by atoms with Crippen LogP contribution in [0.5, 0.6) is 0 Å². The van der Waals surface area contributed by atoms with Gasteiger partial charge >= 0.3 is 0 Å². The fraction of sp³-hybridized carbons (Fsp3) is 0.316. The summed E-state index contributed by atoms with van der Waals surface area (Å²) in [6.07, 6.45) is 0. The molecule has 0 radical (unpaired) electrons. The highest BCUT2D eigenvalue weighted by atomic mass is 28.3. The number of ketones is 1. The van der Waals surface area contributed by atoms with Crippen LogP contribution in [0, 0.1) is 0 Å². The van der Waals surface area contributed by atoms with E-state index in [2.05, 4.69) is 35.0 Å². The van der Waals surface area contributed by atoms with E-state index in [1.165, 1.54) is 10.4 Å². The van der Waals surface area contributed by atoms with E-state index in [0.29, 0.717) is 0 Å². The van der Waals surface area contributed by atoms with Gasteiger partial charge in [0.2, 0.25) is 0 Å². The molecule has 1 heterocycles. The number of carbonyl (C=O) groups excluding carboxylic acids is 1. The molecule has 0 saturated heterocycles. The molecule has 0 aliphatic carbocycles. The summed E-state index contributed by atoms with van der Waals surface area (Å²) >= 11 is 0. The molecule has 0 bridgehead atoms. The van der Waals surface area contributed by atoms with Crippen molar-refractivity contribution in [1.29, 1.82) is 0 Å². The van der Waals surface area contributed by atoms with Gasteiger partial charge in [-0.2, -0.15) is 0 Å². The molecule has 1 aliphatic heterocycles. The monoisotopic (exact) mass is 324 g/mol. The summed E-state index contributed by atoms with van der Waals surface area (Å²) in [5.74, 6) is 0.164. The quantitative estimate of drug-likeness (QED) is 0.791. The number of rotatable bonds is 2. The van der Waals surface area contributed by atoms with E-state index in [4.69, 9.17) is 0 Å². The predicted molar refractivity (Wildman–Crippen MR) is 102 cm³/mol. The minimum Gasteiger partial charge on any atom is -0.378 e. The lowest BCUT2D eigenvalue weighted by molar-refractivity contribution is 0.104. The van der Waals surface area contributed by atoms with E-state index >= 15 is 0 Å². The third-order valence-electron chi connectivity index (χ3n) is 4.88. The van der Waals surface area contributed by atoms with Gasteiger partial charge in [0, 0.05) is 50.7 Å². The number of nitrogens with zero attached hydrogens (tertiary/aromatic N) is 2. The number of benzene rings is 2. The minimum absolute atomic E-state index is 0.164. The molecule has 0 N–H and O–H groups in total. The van der Waals surface area contributed by atoms with Crippen LogP contribution in [0.2, 0.25) is 13.1 Å². The second-order valence-corrected chi connectivity index (χ2v) is 11.5. The summed E-state index contributed by atoms with van der Waals surface area (Å²) in [6.45, 7) is 4.69. The first-order valence-corrected chi connectivity index (χ1v) is 10.9. The zero-order valence-corrected chi connectivity index (χ0v) is 15.8. The van der Waals surface area contributed by atoms with Crippen LogP contribution in [0.25, 0.3) is 0 Å². The van der Waals surface area contributed by atoms with E-state index < -0.39 is 8.07 Å². The Labute approximate surface area is 139 Å². The zero-order valence-electron chi connectivity index (χ0n) is 14.8. The molecule has 0 fully saturated rings. The number of hydrogen-bond donors (Lipinski definition) is 0. The summed E-state index contributed by atoms with van der Waals surface area (Å²) in [5, 5.41) is 2.49. The molecule has 0 unspecified atom stereocenters. The fourth-order valence-corrected chi connectivity index (χ4v) is 6.39. The zero-order chi connectivity index (χ0) is 16.9. The Morgan fingerprint density at radius 3 is 1.48 bits per heavy atom. The normalized spacial score (nSPS) is 15.0. The SMILES string of the molecule is CN(C)c1ccc2c(c1)[Si](C)(C)c1cc(N(C)C)ccc1C2=O. The first kappa shape index (κ1) is 15.8. The smallest absolute Gasteiger partial charge is 0.192 e. The van der Waals surface area contributed by atoms with Crippen LogP contribution in [0.15, 0.2) is 36.4 Å². The lowest BCUT2D eigenvalue weighted by Crippen LogP contribution is -2.60. The third kappa shape index (κ3) is 2.38. The van der Waals surface area contributed by atoms with Crippen molar-refractivity contribution in [3.63, 3.8) is 0 Å². The van der Waals surface area contributed by atoms with Crippen LogP contribution in [0.3, 0.4) is 0 Å². The second-order valence-electron chi connectivity index (χ2n) is 7.20. The highest BCUT2D eigenvalue weighted by Crippen LogP contribution is 2.25. The topological polar surface area (TPSA) is 23.6 Å². The molecule has 3 rings (SSSR count). The molecule has 0 amide bonds. The number of hydrogen-bond acceptors (Lipinski definition) is 3. The minimum atomic E-state index is -1.90. The van der Waals surface area contributed by atoms with Gasteiger partial charge in [-0.3, -0.25) is 4.79 Å². The maximum absolute atomic E-state index is 13.0. The highest BCUT2D eigenvalue weighted by molar-refractivity contribution is 7.02. The van der Waals surface area contributed by atoms with E-state index in [9.17, 15) is 4.79 Å². The molecule has 120 valence electrons. The van der Waals surface area contributed by atoms with Crippen molar-refractivity contribution in [1.82, 2.24) is 0 Å². The van der Waals surface area contributed by atoms with E-state index in [1.54, 1.807) is 0 Å². The Morgan fingerprint density at radius 1 is 0.739 bits per heavy atom. The number of carbonyl (C=O) groups is 1. The van der Waals surface area contributed by atoms with Crippen molar-refractivity contribution in [3.05, 3.63) is 47.5 Å². The van der Waals surface area contributed by atoms with Crippen molar-refractivity contribution in [2.45, 2.75) is 13.1 Å². The lowest BCUT2D eigenvalue weighted by atomic mass is 10.0. The third-order valence-corrected chi connectivity index (χ3v) is 8.40. The van der Waals surface area contributed by atoms with Crippen molar-refractivity contribution >= 4 is 35.6 Å². The Hall–Kier alpha value is -2.07. The first-order chi connectivity index (χ1) is 10.7. The van der Waals surface area contributed by atoms with E-state index in [1.807, 2.05) is 52.5 Å². The summed E-state index contributed by atoms with van der Waals surface area (Å²) in [6, 6.07) is 12.5. The van der Waals surface area contributed by atoms with Gasteiger partial charge < -0.3 is 9.80 Å². The molecule has 23 heavy (non-hydrogen) atoms. The largest absolute Gasteiger partial charge is 0.378 e. The molecule has 0 atom stereocenters. The van der Waals surface area contributed by atoms with Crippen LogP contribution < -0.4 is 20.2 Å². The van der Waals surface area contributed by atoms with Gasteiger partial charge in [-0.1, -0.05) is 13.1 Å². The molecule has 0 spiro atoms. The van der Waals surface area contributed by atoms with Crippen LogP contribution in [-0.2, 0) is 0 Å². The second kappa shape index (κ2) is 5.23. The summed E-state index contributed by atoms with van der Waals surface area (Å²) in [7, 11) is 6.26. The Morgan fingerprint density at radius 2 is 1.13 bits per heavy atom. The van der Waals surface area contributed by atoms with Gasteiger partial charge in [0.25, 0.3) is 0 Å². The van der Waals surface area contributed by atoms with Crippen molar-refractivity contribution in [3.8, 4) is 0 Å². The van der Waals surface area contributed by atoms with Gasteiger partial charge in [-0.05, 0) is 46.8 Å². The first-order valence-electron chi connectivity index (χ1n) is 7.92. The average Bonchev–Trinajstić information content (AvgIpc) is 2.51. The summed E-state index contributed by atoms with van der Waals surface area (Å²) in [4.78, 5) is 17.1. The summed E-state index contributed by atoms with van der Waals surface area (Å²) < 4.78 is 0. The molecule has 0 saturated carbocycles. The Bertz CT molecular complexity index is 730. The summed E-state index contributed by atoms with van der Waals surface area (Å²) in [5.41, 5.74) is 4.09. The standard InChI is InChI=1S/C19H24N2OSi/c1-20(2)13-7-9-15-17(11-13)23(5,6)18-12-14(21(3)4)8-10-16(18)19(15)22/h7-12H,1-6H3. The molecule has 2 aromatic carbocycles. The lowest BCUT2D eigenvalue weighted by Gasteiger charge is -2.34. The van der Waals surface area contributed by atoms with Crippen molar-refractivity contribution in [2.75, 3.05) is 38.0 Å². The van der Waals surface area contributed by atoms with Gasteiger partial charge in [0.15, 0.2) is 5.78 Å². The maximum atomic E-state index is 13.0. The highest BCUT2D eigenvalue weighted by Gasteiger charge is 2.38. The van der Waals surface area contributed by atoms with Crippen LogP contribution in [0.1, 0.15) is 15.9 Å². The van der Waals surface area contributed by atoms with Gasteiger partial charge in [0.05, 0.1) is 0 Å². The molecular weight excluding hydrogens is 300 g/mol. The molecule has 1 aliphatic rings. The van der Waals surface area contributed by atoms with Crippen LogP contribution >= 0.6 is 0 Å². The average molecular weight is 324 g/mol. The molecule has 3 nitrogen and oxygen atoms in total. The Balaban J connectivity index is 2.26. The van der Waals surface area contributed by atoms with Crippen LogP contribution in [-0.4, -0.2) is 42.0 Å². The Kier molecular flexibility index (Phi) is 3.60. The molecule has 2 aromatic rings. The van der Waals surface area contributed by atoms with Crippen molar-refractivity contribution < 1.29 is 4.79 Å². The van der Waals surface area contributed by atoms with E-state index in [-0.39, 0.29) is 5.78 Å². The maximum Gasteiger partial charge on any atom is 0.192 e. The predicted octanol–water partition coefficient (Wildman–Crippen LogP) is 2.19. The molecular formula is C19H24N2OSi. The van der Waals surface area contributed by atoms with Gasteiger partial charge in [-0.15, -0.1) is 0 Å². The van der Waals surface area contributed by atoms with Crippen LogP contribution in [0.4, 0.5) is 11.4 Å². The van der Waals surface area contributed by atoms with E-state index in [0.717, 1.165) is 22.5 Å². The van der Waals surface area contributed by atoms with Gasteiger partial charge in [0.1, 0.15) is 8.07 Å². The number of fused-ring (bicyclic) bond motifs is 2. The number of anilines is 2. The molecule has 4 heteroatoms.